The van der Waals surface area contributed by atoms with E-state index >= 15 is 0 Å². The van der Waals surface area contributed by atoms with Crippen molar-refractivity contribution in [2.24, 2.45) is 0 Å². The van der Waals surface area contributed by atoms with E-state index in [-0.39, 0.29) is 5.91 Å². The van der Waals surface area contributed by atoms with Crippen LogP contribution in [-0.4, -0.2) is 10.9 Å². The highest BCUT2D eigenvalue weighted by molar-refractivity contribution is 7.13. The minimum Gasteiger partial charge on any atom is -0.489 e. The first-order chi connectivity index (χ1) is 14.2. The van der Waals surface area contributed by atoms with Gasteiger partial charge in [-0.15, -0.1) is 11.3 Å². The average Bonchev–Trinajstić information content (AvgIpc) is 3.44. The summed E-state index contributed by atoms with van der Waals surface area (Å²) in [7, 11) is 0. The van der Waals surface area contributed by atoms with E-state index in [1.807, 2.05) is 54.6 Å². The molecule has 0 aliphatic rings. The second-order valence-electron chi connectivity index (χ2n) is 6.24. The van der Waals surface area contributed by atoms with Crippen LogP contribution >= 0.6 is 22.9 Å². The van der Waals surface area contributed by atoms with Gasteiger partial charge in [0.2, 0.25) is 0 Å². The highest BCUT2D eigenvalue weighted by Gasteiger charge is 2.12. The molecule has 0 saturated carbocycles. The molecule has 4 aromatic rings. The van der Waals surface area contributed by atoms with Gasteiger partial charge in [-0.05, 0) is 54.1 Å². The van der Waals surface area contributed by atoms with Gasteiger partial charge in [-0.25, -0.2) is 4.98 Å². The Morgan fingerprint density at radius 1 is 1.10 bits per heavy atom. The molecule has 0 aliphatic heterocycles. The van der Waals surface area contributed by atoms with Gasteiger partial charge >= 0.3 is 0 Å². The van der Waals surface area contributed by atoms with Crippen LogP contribution in [0.3, 0.4) is 0 Å². The lowest BCUT2D eigenvalue weighted by molar-refractivity contribution is 0.0944. The number of hydrogen-bond acceptors (Lipinski definition) is 5. The molecular weight excluding hydrogens is 408 g/mol. The van der Waals surface area contributed by atoms with Gasteiger partial charge in [-0.2, -0.15) is 0 Å². The van der Waals surface area contributed by atoms with Crippen LogP contribution in [0.4, 0.5) is 0 Å². The van der Waals surface area contributed by atoms with Crippen molar-refractivity contribution in [3.05, 3.63) is 94.3 Å². The minimum absolute atomic E-state index is 0.230. The third-order valence-corrected chi connectivity index (χ3v) is 5.30. The zero-order chi connectivity index (χ0) is 20.1. The number of thiazole rings is 1. The number of halogens is 1. The molecule has 1 N–H and O–H groups in total. The summed E-state index contributed by atoms with van der Waals surface area (Å²) < 4.78 is 11.0. The SMILES string of the molecule is O=C(NCc1ccco1)c1csc(-c2ccc(OCc3ccc(Cl)cc3)cc2)n1. The first kappa shape index (κ1) is 19.2. The predicted octanol–water partition coefficient (Wildman–Crippen LogP) is 5.57. The molecule has 0 radical (unpaired) electrons. The second kappa shape index (κ2) is 8.94. The molecular formula is C22H17ClN2O3S. The lowest BCUT2D eigenvalue weighted by atomic mass is 10.2. The van der Waals surface area contributed by atoms with E-state index in [9.17, 15) is 4.79 Å². The number of carbonyl (C=O) groups is 1. The highest BCUT2D eigenvalue weighted by atomic mass is 35.5. The topological polar surface area (TPSA) is 64.4 Å². The molecule has 4 rings (SSSR count). The van der Waals surface area contributed by atoms with Crippen LogP contribution in [0.2, 0.25) is 5.02 Å². The van der Waals surface area contributed by atoms with Crippen molar-refractivity contribution in [1.82, 2.24) is 10.3 Å². The smallest absolute Gasteiger partial charge is 0.271 e. The van der Waals surface area contributed by atoms with E-state index in [0.29, 0.717) is 29.6 Å². The maximum Gasteiger partial charge on any atom is 0.271 e. The number of hydrogen-bond donors (Lipinski definition) is 1. The molecule has 0 bridgehead atoms. The first-order valence-electron chi connectivity index (χ1n) is 8.91. The van der Waals surface area contributed by atoms with Gasteiger partial charge in [0.05, 0.1) is 12.8 Å². The summed E-state index contributed by atoms with van der Waals surface area (Å²) in [4.78, 5) is 16.7. The number of carbonyl (C=O) groups excluding carboxylic acids is 1. The average molecular weight is 425 g/mol. The fourth-order valence-corrected chi connectivity index (χ4v) is 3.55. The predicted molar refractivity (Wildman–Crippen MR) is 113 cm³/mol. The van der Waals surface area contributed by atoms with Crippen LogP contribution in [0.5, 0.6) is 5.75 Å². The van der Waals surface area contributed by atoms with Crippen molar-refractivity contribution in [3.63, 3.8) is 0 Å². The van der Waals surface area contributed by atoms with Gasteiger partial charge in [0.15, 0.2) is 0 Å². The Kier molecular flexibility index (Phi) is 5.93. The molecule has 0 saturated heterocycles. The molecule has 146 valence electrons. The summed E-state index contributed by atoms with van der Waals surface area (Å²) in [5, 5.41) is 6.02. The Hall–Kier alpha value is -3.09. The van der Waals surface area contributed by atoms with Gasteiger partial charge < -0.3 is 14.5 Å². The van der Waals surface area contributed by atoms with Gasteiger partial charge in [-0.1, -0.05) is 23.7 Å². The molecule has 0 unspecified atom stereocenters. The molecule has 0 atom stereocenters. The van der Waals surface area contributed by atoms with E-state index in [0.717, 1.165) is 21.9 Å². The van der Waals surface area contributed by atoms with Crippen molar-refractivity contribution in [3.8, 4) is 16.3 Å². The van der Waals surface area contributed by atoms with Gasteiger partial charge in [-0.3, -0.25) is 4.79 Å². The minimum atomic E-state index is -0.230. The van der Waals surface area contributed by atoms with Crippen LogP contribution in [0.15, 0.2) is 76.7 Å². The lowest BCUT2D eigenvalue weighted by Gasteiger charge is -2.07. The molecule has 0 spiro atoms. The Labute approximate surface area is 176 Å². The fraction of sp³-hybridized carbons (Fsp3) is 0.0909. The van der Waals surface area contributed by atoms with Crippen molar-refractivity contribution in [1.29, 1.82) is 0 Å². The summed E-state index contributed by atoms with van der Waals surface area (Å²) in [6.07, 6.45) is 1.57. The van der Waals surface area contributed by atoms with E-state index in [1.165, 1.54) is 11.3 Å². The molecule has 1 amide bonds. The maximum atomic E-state index is 12.2. The number of furan rings is 1. The number of aromatic nitrogens is 1. The monoisotopic (exact) mass is 424 g/mol. The Balaban J connectivity index is 1.35. The molecule has 2 heterocycles. The van der Waals surface area contributed by atoms with Crippen molar-refractivity contribution in [2.75, 3.05) is 0 Å². The zero-order valence-electron chi connectivity index (χ0n) is 15.3. The van der Waals surface area contributed by atoms with Crippen molar-refractivity contribution < 1.29 is 13.9 Å². The number of rotatable bonds is 7. The van der Waals surface area contributed by atoms with E-state index in [2.05, 4.69) is 10.3 Å². The van der Waals surface area contributed by atoms with E-state index in [1.54, 1.807) is 17.7 Å². The van der Waals surface area contributed by atoms with Crippen molar-refractivity contribution >= 4 is 28.8 Å². The normalized spacial score (nSPS) is 10.7. The molecule has 5 nitrogen and oxygen atoms in total. The Morgan fingerprint density at radius 3 is 2.62 bits per heavy atom. The van der Waals surface area contributed by atoms with Crippen LogP contribution in [0, 0.1) is 0 Å². The fourth-order valence-electron chi connectivity index (χ4n) is 2.62. The standard InChI is InChI=1S/C22H17ClN2O3S/c23-17-7-3-15(4-8-17)13-28-18-9-5-16(6-10-18)22-25-20(14-29-22)21(26)24-12-19-2-1-11-27-19/h1-11,14H,12-13H2,(H,24,26). The molecule has 29 heavy (non-hydrogen) atoms. The number of nitrogens with one attached hydrogen (secondary N) is 1. The van der Waals surface area contributed by atoms with E-state index < -0.39 is 0 Å². The lowest BCUT2D eigenvalue weighted by Crippen LogP contribution is -2.22. The van der Waals surface area contributed by atoms with Crippen LogP contribution in [0.1, 0.15) is 21.8 Å². The number of ether oxygens (including phenoxy) is 1. The third kappa shape index (κ3) is 5.04. The maximum absolute atomic E-state index is 12.2. The van der Waals surface area contributed by atoms with Crippen LogP contribution in [-0.2, 0) is 13.2 Å². The summed E-state index contributed by atoms with van der Waals surface area (Å²) in [5.74, 6) is 1.23. The summed E-state index contributed by atoms with van der Waals surface area (Å²) in [6.45, 7) is 0.798. The van der Waals surface area contributed by atoms with E-state index in [4.69, 9.17) is 20.8 Å². The van der Waals surface area contributed by atoms with Gasteiger partial charge in [0, 0.05) is 16.0 Å². The quantitative estimate of drug-likeness (QED) is 0.421. The first-order valence-corrected chi connectivity index (χ1v) is 10.2. The summed E-state index contributed by atoms with van der Waals surface area (Å²) in [5.41, 5.74) is 2.36. The Morgan fingerprint density at radius 2 is 1.90 bits per heavy atom. The number of nitrogens with zero attached hydrogens (tertiary/aromatic N) is 1. The molecule has 0 aliphatic carbocycles. The van der Waals surface area contributed by atoms with Gasteiger partial charge in [0.25, 0.3) is 5.91 Å². The highest BCUT2D eigenvalue weighted by Crippen LogP contribution is 2.26. The van der Waals surface area contributed by atoms with Crippen molar-refractivity contribution in [2.45, 2.75) is 13.2 Å². The third-order valence-electron chi connectivity index (χ3n) is 4.16. The summed E-state index contributed by atoms with van der Waals surface area (Å²) >= 11 is 7.31. The molecule has 2 aromatic carbocycles. The summed E-state index contributed by atoms with van der Waals surface area (Å²) in [6, 6.07) is 18.8. The van der Waals surface area contributed by atoms with Crippen LogP contribution in [0.25, 0.3) is 10.6 Å². The van der Waals surface area contributed by atoms with Gasteiger partial charge in [0.1, 0.15) is 28.8 Å². The molecule has 0 fully saturated rings. The largest absolute Gasteiger partial charge is 0.489 e. The Bertz CT molecular complexity index is 1070. The number of benzene rings is 2. The molecule has 7 heteroatoms. The number of amides is 1. The molecule has 2 aromatic heterocycles. The van der Waals surface area contributed by atoms with Crippen LogP contribution < -0.4 is 10.1 Å². The second-order valence-corrected chi connectivity index (χ2v) is 7.53. The zero-order valence-corrected chi connectivity index (χ0v) is 16.9.